The first-order valence-corrected chi connectivity index (χ1v) is 17.6. The predicted octanol–water partition coefficient (Wildman–Crippen LogP) is 7.74. The van der Waals surface area contributed by atoms with Crippen LogP contribution >= 0.6 is 11.3 Å². The number of aliphatic carboxylic acids is 1. The van der Waals surface area contributed by atoms with Crippen molar-refractivity contribution in [1.82, 2.24) is 9.88 Å². The highest BCUT2D eigenvalue weighted by Crippen LogP contribution is 2.57. The molecule has 1 saturated heterocycles. The van der Waals surface area contributed by atoms with Crippen molar-refractivity contribution in [2.24, 2.45) is 17.3 Å². The van der Waals surface area contributed by atoms with Crippen LogP contribution in [-0.2, 0) is 20.8 Å². The van der Waals surface area contributed by atoms with Crippen LogP contribution < -0.4 is 4.74 Å². The molecule has 0 unspecified atom stereocenters. The van der Waals surface area contributed by atoms with Crippen molar-refractivity contribution in [2.75, 3.05) is 6.54 Å². The van der Waals surface area contributed by atoms with Gasteiger partial charge in [0.15, 0.2) is 5.78 Å². The van der Waals surface area contributed by atoms with E-state index in [1.807, 2.05) is 48.5 Å². The summed E-state index contributed by atoms with van der Waals surface area (Å²) in [5.41, 5.74) is 3.12. The van der Waals surface area contributed by atoms with Crippen LogP contribution in [0.15, 0.2) is 91.0 Å². The van der Waals surface area contributed by atoms with Gasteiger partial charge in [0.2, 0.25) is 5.91 Å². The predicted molar refractivity (Wildman–Crippen MR) is 183 cm³/mol. The number of hydrogen-bond acceptors (Lipinski definition) is 6. The number of aromatic nitrogens is 1. The second kappa shape index (κ2) is 13.4. The Morgan fingerprint density at radius 2 is 1.72 bits per heavy atom. The molecule has 1 amide bonds. The number of fused-ring (bicyclic) bond motifs is 3. The third kappa shape index (κ3) is 6.75. The van der Waals surface area contributed by atoms with Crippen LogP contribution in [0.3, 0.4) is 0 Å². The Kier molecular flexibility index (Phi) is 8.95. The lowest BCUT2D eigenvalue weighted by atomic mass is 9.90. The molecule has 3 aliphatic rings. The van der Waals surface area contributed by atoms with Gasteiger partial charge in [0.05, 0.1) is 28.2 Å². The summed E-state index contributed by atoms with van der Waals surface area (Å²) in [6.07, 6.45) is 9.45. The molecule has 2 fully saturated rings. The number of carboxylic acid groups (broad SMARTS) is 1. The van der Waals surface area contributed by atoms with E-state index in [0.29, 0.717) is 24.5 Å². The van der Waals surface area contributed by atoms with E-state index < -0.39 is 23.5 Å². The maximum absolute atomic E-state index is 14.5. The van der Waals surface area contributed by atoms with Crippen LogP contribution in [0.25, 0.3) is 21.3 Å². The molecule has 5 atom stereocenters. The molecule has 3 aromatic carbocycles. The summed E-state index contributed by atoms with van der Waals surface area (Å²) in [5, 5.41) is 10.7. The van der Waals surface area contributed by atoms with Crippen molar-refractivity contribution < 1.29 is 24.2 Å². The molecule has 1 aromatic heterocycles. The number of hydrogen-bond donors (Lipinski definition) is 1. The molecule has 0 spiro atoms. The van der Waals surface area contributed by atoms with E-state index in [4.69, 9.17) is 4.74 Å². The normalized spacial score (nSPS) is 27.4. The summed E-state index contributed by atoms with van der Waals surface area (Å²) in [4.78, 5) is 47.4. The molecule has 8 heteroatoms. The van der Waals surface area contributed by atoms with E-state index in [2.05, 4.69) is 47.5 Å². The van der Waals surface area contributed by atoms with Gasteiger partial charge in [-0.05, 0) is 66.8 Å². The van der Waals surface area contributed by atoms with Crippen molar-refractivity contribution in [3.63, 3.8) is 0 Å². The van der Waals surface area contributed by atoms with Crippen LogP contribution in [0.4, 0.5) is 0 Å². The molecule has 1 saturated carbocycles. The van der Waals surface area contributed by atoms with Crippen molar-refractivity contribution in [3.8, 4) is 16.3 Å². The number of carboxylic acids is 1. The number of thiazole rings is 1. The monoisotopic (exact) mass is 648 g/mol. The number of allylic oxidation sites excluding steroid dienone is 2. The van der Waals surface area contributed by atoms with Gasteiger partial charge in [0.25, 0.3) is 5.19 Å². The fourth-order valence-electron chi connectivity index (χ4n) is 7.40. The van der Waals surface area contributed by atoms with Gasteiger partial charge in [-0.1, -0.05) is 103 Å². The maximum Gasteiger partial charge on any atom is 0.310 e. The zero-order chi connectivity index (χ0) is 32.4. The molecular weight excluding hydrogens is 609 g/mol. The van der Waals surface area contributed by atoms with Crippen molar-refractivity contribution >= 4 is 39.2 Å². The number of amides is 1. The molecule has 1 aliphatic carbocycles. The standard InChI is InChI=1S/C39H40N2O5S/c42-34-24-39(37(44)45)23-30(39)14-8-3-1-2-5-13-29(21-26-17-19-28(20-18-26)27-11-6-4-7-12-27)36(43)41-25-31(22-33(34)41)46-38-40-32-15-9-10-16-35(32)47-38/h4,6-12,14-20,29-31,33H,1-3,5,13,21-25H2,(H,44,45)/b14-8-/t29-,30+,31-,33+,39-/m1/s1. The second-order valence-corrected chi connectivity index (χ2v) is 14.4. The average molecular weight is 649 g/mol. The Morgan fingerprint density at radius 3 is 2.51 bits per heavy atom. The van der Waals surface area contributed by atoms with E-state index in [1.54, 1.807) is 4.90 Å². The fraction of sp³-hybridized carbons (Fsp3) is 0.385. The Morgan fingerprint density at radius 1 is 0.957 bits per heavy atom. The zero-order valence-electron chi connectivity index (χ0n) is 26.4. The molecule has 1 N–H and O–H groups in total. The average Bonchev–Trinajstić information content (AvgIpc) is 3.39. The van der Waals surface area contributed by atoms with Gasteiger partial charge in [-0.3, -0.25) is 14.4 Å². The highest BCUT2D eigenvalue weighted by atomic mass is 32.1. The number of carbonyl (C=O) groups excluding carboxylic acids is 2. The first kappa shape index (κ1) is 31.3. The fourth-order valence-corrected chi connectivity index (χ4v) is 8.28. The Balaban J connectivity index is 1.16. The van der Waals surface area contributed by atoms with Gasteiger partial charge in [-0.15, -0.1) is 0 Å². The topological polar surface area (TPSA) is 96.8 Å². The highest BCUT2D eigenvalue weighted by molar-refractivity contribution is 7.20. The number of para-hydroxylation sites is 1. The van der Waals surface area contributed by atoms with Crippen LogP contribution in [0.1, 0.15) is 56.9 Å². The molecule has 0 bridgehead atoms. The van der Waals surface area contributed by atoms with E-state index in [-0.39, 0.29) is 36.5 Å². The van der Waals surface area contributed by atoms with Crippen molar-refractivity contribution in [3.05, 3.63) is 96.6 Å². The van der Waals surface area contributed by atoms with Gasteiger partial charge >= 0.3 is 5.97 Å². The van der Waals surface area contributed by atoms with Gasteiger partial charge in [-0.2, -0.15) is 0 Å². The number of benzene rings is 3. The lowest BCUT2D eigenvalue weighted by Crippen LogP contribution is -2.45. The van der Waals surface area contributed by atoms with Crippen LogP contribution in [0.2, 0.25) is 0 Å². The maximum atomic E-state index is 14.5. The van der Waals surface area contributed by atoms with E-state index >= 15 is 0 Å². The number of Topliss-reactive ketones (excluding diaryl/α,β-unsaturated/α-hetero) is 1. The molecule has 4 aromatic rings. The molecule has 242 valence electrons. The quantitative estimate of drug-likeness (QED) is 0.215. The minimum atomic E-state index is -1.09. The lowest BCUT2D eigenvalue weighted by Gasteiger charge is -2.29. The number of ether oxygens (including phenoxy) is 1. The van der Waals surface area contributed by atoms with Crippen molar-refractivity contribution in [2.45, 2.75) is 69.9 Å². The minimum Gasteiger partial charge on any atom is -0.481 e. The first-order valence-electron chi connectivity index (χ1n) is 16.8. The molecular formula is C39H40N2O5S. The van der Waals surface area contributed by atoms with Crippen molar-refractivity contribution in [1.29, 1.82) is 0 Å². The summed E-state index contributed by atoms with van der Waals surface area (Å²) in [6, 6.07) is 25.7. The third-order valence-corrected chi connectivity index (χ3v) is 11.1. The largest absolute Gasteiger partial charge is 0.481 e. The van der Waals surface area contributed by atoms with Crippen LogP contribution in [-0.4, -0.2) is 51.3 Å². The van der Waals surface area contributed by atoms with Gasteiger partial charge < -0.3 is 14.7 Å². The Hall–Kier alpha value is -4.30. The minimum absolute atomic E-state index is 0.0457. The highest BCUT2D eigenvalue weighted by Gasteiger charge is 2.61. The van der Waals surface area contributed by atoms with Gasteiger partial charge in [0, 0.05) is 18.8 Å². The molecule has 2 aliphatic heterocycles. The molecule has 3 heterocycles. The van der Waals surface area contributed by atoms with Crippen LogP contribution in [0.5, 0.6) is 5.19 Å². The second-order valence-electron chi connectivity index (χ2n) is 13.4. The third-order valence-electron chi connectivity index (χ3n) is 10.2. The first-order chi connectivity index (χ1) is 22.9. The number of carbonyl (C=O) groups is 3. The Bertz CT molecular complexity index is 1750. The van der Waals surface area contributed by atoms with E-state index in [0.717, 1.165) is 59.0 Å². The summed E-state index contributed by atoms with van der Waals surface area (Å²) in [6.45, 7) is 0.276. The Labute approximate surface area is 279 Å². The summed E-state index contributed by atoms with van der Waals surface area (Å²) in [7, 11) is 0. The summed E-state index contributed by atoms with van der Waals surface area (Å²) < 4.78 is 7.36. The molecule has 7 nitrogen and oxygen atoms in total. The lowest BCUT2D eigenvalue weighted by molar-refractivity contribution is -0.147. The number of nitrogens with zero attached hydrogens (tertiary/aromatic N) is 2. The molecule has 0 radical (unpaired) electrons. The van der Waals surface area contributed by atoms with E-state index in [1.165, 1.54) is 11.3 Å². The molecule has 7 rings (SSSR count). The SMILES string of the molecule is O=C1C[C@]2(C(=O)O)C[C@@H]2/C=C\CCCCC[C@H](Cc2ccc(-c3ccccc3)cc2)C(=O)N2C[C@H](Oc3nc4ccccc4s3)C[C@@H]12. The summed E-state index contributed by atoms with van der Waals surface area (Å²) >= 11 is 1.45. The van der Waals surface area contributed by atoms with Crippen LogP contribution in [0, 0.1) is 17.3 Å². The molecule has 47 heavy (non-hydrogen) atoms. The number of rotatable bonds is 6. The summed E-state index contributed by atoms with van der Waals surface area (Å²) in [5.74, 6) is -1.61. The zero-order valence-corrected chi connectivity index (χ0v) is 27.2. The van der Waals surface area contributed by atoms with E-state index in [9.17, 15) is 19.5 Å². The van der Waals surface area contributed by atoms with Gasteiger partial charge in [0.1, 0.15) is 6.10 Å². The number of ketones is 1. The smallest absolute Gasteiger partial charge is 0.310 e. The van der Waals surface area contributed by atoms with Gasteiger partial charge in [-0.25, -0.2) is 4.98 Å².